The number of thiophene rings is 2. The highest BCUT2D eigenvalue weighted by atomic mass is 32.1. The number of rotatable bonds is 2. The molecule has 10 rings (SSSR count). The van der Waals surface area contributed by atoms with Gasteiger partial charge in [-0.1, -0.05) is 109 Å². The Morgan fingerprint density at radius 3 is 2.00 bits per heavy atom. The molecule has 0 fully saturated rings. The molecule has 200 valence electrons. The Labute approximate surface area is 260 Å². The van der Waals surface area contributed by atoms with Crippen molar-refractivity contribution in [3.8, 4) is 17.2 Å². The lowest BCUT2D eigenvalue weighted by Gasteiger charge is -2.12. The van der Waals surface area contributed by atoms with Crippen LogP contribution >= 0.6 is 22.7 Å². The molecule has 0 bridgehead atoms. The zero-order valence-corrected chi connectivity index (χ0v) is 24.0. The Hall–Kier alpha value is -5.10. The van der Waals surface area contributed by atoms with Crippen LogP contribution in [0.25, 0.3) is 90.3 Å². The molecule has 0 aliphatic rings. The zero-order valence-electron chi connectivity index (χ0n) is 27.4. The molecule has 0 saturated heterocycles. The first-order chi connectivity index (χ1) is 23.4. The number of hydrogen-bond acceptors (Lipinski definition) is 4. The van der Waals surface area contributed by atoms with Crippen LogP contribution in [0.15, 0.2) is 127 Å². The van der Waals surface area contributed by atoms with Crippen molar-refractivity contribution >= 4 is 95.7 Å². The molecular weight excluding hydrogens is 563 g/mol. The summed E-state index contributed by atoms with van der Waals surface area (Å²) in [4.78, 5) is 10.4. The number of benzene rings is 6. The van der Waals surface area contributed by atoms with Gasteiger partial charge >= 0.3 is 0 Å². The lowest BCUT2D eigenvalue weighted by molar-refractivity contribution is 1.02. The van der Waals surface area contributed by atoms with Crippen molar-refractivity contribution in [2.75, 3.05) is 0 Å². The van der Waals surface area contributed by atoms with Crippen LogP contribution in [-0.4, -0.2) is 14.5 Å². The Balaban J connectivity index is 1.46. The maximum atomic E-state index is 8.91. The molecule has 5 heteroatoms. The number of aromatic nitrogens is 3. The monoisotopic (exact) mass is 588 g/mol. The molecule has 4 heterocycles. The summed E-state index contributed by atoms with van der Waals surface area (Å²) in [6, 6.07) is 31.4. The van der Waals surface area contributed by atoms with E-state index in [9.17, 15) is 0 Å². The number of fused-ring (bicyclic) bond motifs is 13. The van der Waals surface area contributed by atoms with Crippen molar-refractivity contribution in [3.63, 3.8) is 0 Å². The van der Waals surface area contributed by atoms with E-state index in [2.05, 4.69) is 71.3 Å². The van der Waals surface area contributed by atoms with E-state index in [4.69, 9.17) is 16.8 Å². The van der Waals surface area contributed by atoms with Gasteiger partial charge in [-0.25, -0.2) is 9.97 Å². The van der Waals surface area contributed by atoms with Gasteiger partial charge in [0.2, 0.25) is 5.95 Å². The van der Waals surface area contributed by atoms with Crippen LogP contribution in [-0.2, 0) is 0 Å². The number of para-hydroxylation sites is 1. The van der Waals surface area contributed by atoms with Gasteiger partial charge in [-0.05, 0) is 18.2 Å². The molecule has 0 spiro atoms. The van der Waals surface area contributed by atoms with Crippen molar-refractivity contribution < 1.29 is 6.85 Å². The van der Waals surface area contributed by atoms with Gasteiger partial charge in [0, 0.05) is 57.4 Å². The molecule has 0 radical (unpaired) electrons. The first-order valence-electron chi connectivity index (χ1n) is 16.4. The Morgan fingerprint density at radius 2 is 1.19 bits per heavy atom. The molecule has 0 unspecified atom stereocenters. The number of hydrogen-bond donors (Lipinski definition) is 0. The average molecular weight is 589 g/mol. The fourth-order valence-corrected chi connectivity index (χ4v) is 8.93. The fraction of sp³-hybridized carbons (Fsp3) is 0. The van der Waals surface area contributed by atoms with Gasteiger partial charge in [-0.3, -0.25) is 4.57 Å². The summed E-state index contributed by atoms with van der Waals surface area (Å²) < 4.78 is 49.2. The Kier molecular flexibility index (Phi) is 3.88. The topological polar surface area (TPSA) is 30.7 Å². The highest BCUT2D eigenvalue weighted by molar-refractivity contribution is 7.27. The van der Waals surface area contributed by atoms with Crippen molar-refractivity contribution in [2.24, 2.45) is 0 Å². The van der Waals surface area contributed by atoms with E-state index in [1.807, 2.05) is 30.3 Å². The first kappa shape index (κ1) is 19.2. The third-order valence-corrected chi connectivity index (χ3v) is 10.7. The standard InChI is InChI=1S/C38H21N3S2/c1-2-12-22(13-3-1)33-37-34(27-18-8-11-21-30(27)43-37)40-38(39-33)41-28-19-9-6-16-25(28)31-32-26-17-7-10-20-29(26)42-36(32)24-15-5-4-14-23(24)35(31)41/h1-21H/i1D,2D,3D,12D,13D. The van der Waals surface area contributed by atoms with Gasteiger partial charge < -0.3 is 0 Å². The lowest BCUT2D eigenvalue weighted by atomic mass is 10.00. The molecule has 0 amide bonds. The summed E-state index contributed by atoms with van der Waals surface area (Å²) >= 11 is 3.27. The van der Waals surface area contributed by atoms with Crippen molar-refractivity contribution in [1.82, 2.24) is 14.5 Å². The summed E-state index contributed by atoms with van der Waals surface area (Å²) in [5.41, 5.74) is 2.96. The largest absolute Gasteiger partial charge is 0.277 e. The molecule has 4 aromatic heterocycles. The molecule has 6 aromatic carbocycles. The zero-order chi connectivity index (χ0) is 32.4. The summed E-state index contributed by atoms with van der Waals surface area (Å²) in [6.45, 7) is 0. The van der Waals surface area contributed by atoms with Crippen LogP contribution in [0, 0.1) is 0 Å². The summed E-state index contributed by atoms with van der Waals surface area (Å²) in [5.74, 6) is 0.378. The van der Waals surface area contributed by atoms with Gasteiger partial charge in [0.15, 0.2) is 0 Å². The summed E-state index contributed by atoms with van der Waals surface area (Å²) in [6.07, 6.45) is 0. The maximum absolute atomic E-state index is 8.91. The summed E-state index contributed by atoms with van der Waals surface area (Å²) in [7, 11) is 0. The Bertz CT molecular complexity index is 3000. The van der Waals surface area contributed by atoms with Crippen LogP contribution in [0.1, 0.15) is 6.85 Å². The van der Waals surface area contributed by atoms with Gasteiger partial charge in [0.25, 0.3) is 0 Å². The van der Waals surface area contributed by atoms with Gasteiger partial charge in [0.1, 0.15) is 0 Å². The van der Waals surface area contributed by atoms with Crippen molar-refractivity contribution in [2.45, 2.75) is 0 Å². The van der Waals surface area contributed by atoms with Crippen LogP contribution < -0.4 is 0 Å². The van der Waals surface area contributed by atoms with E-state index in [1.54, 1.807) is 11.3 Å². The maximum Gasteiger partial charge on any atom is 0.235 e. The molecule has 10 aromatic rings. The van der Waals surface area contributed by atoms with Gasteiger partial charge in [-0.15, -0.1) is 22.7 Å². The van der Waals surface area contributed by atoms with Crippen LogP contribution in [0.4, 0.5) is 0 Å². The smallest absolute Gasteiger partial charge is 0.235 e. The second kappa shape index (κ2) is 8.71. The molecule has 0 aliphatic carbocycles. The third-order valence-electron chi connectivity index (χ3n) is 8.29. The molecule has 0 N–H and O–H groups in total. The van der Waals surface area contributed by atoms with Gasteiger partial charge in [0.05, 0.1) is 33.8 Å². The average Bonchev–Trinajstić information content (AvgIpc) is 3.80. The molecule has 0 saturated carbocycles. The van der Waals surface area contributed by atoms with Crippen LogP contribution in [0.5, 0.6) is 0 Å². The highest BCUT2D eigenvalue weighted by Crippen LogP contribution is 2.48. The SMILES string of the molecule is [2H]c1c([2H])c([2H])c(-c2nc(-n3c4ccccc4c4c5c6ccccc6sc5c5ccccc5c43)nc3c2sc2ccccc23)c([2H])c1[2H]. The van der Waals surface area contributed by atoms with E-state index >= 15 is 0 Å². The van der Waals surface area contributed by atoms with Crippen molar-refractivity contribution in [3.05, 3.63) is 127 Å². The second-order valence-corrected chi connectivity index (χ2v) is 12.7. The van der Waals surface area contributed by atoms with Crippen LogP contribution in [0.2, 0.25) is 0 Å². The second-order valence-electron chi connectivity index (χ2n) is 10.6. The van der Waals surface area contributed by atoms with Crippen LogP contribution in [0.3, 0.4) is 0 Å². The first-order valence-corrected chi connectivity index (χ1v) is 15.6. The van der Waals surface area contributed by atoms with E-state index < -0.39 is 18.1 Å². The van der Waals surface area contributed by atoms with E-state index in [-0.39, 0.29) is 17.6 Å². The van der Waals surface area contributed by atoms with E-state index in [0.717, 1.165) is 42.7 Å². The minimum Gasteiger partial charge on any atom is -0.277 e. The summed E-state index contributed by atoms with van der Waals surface area (Å²) in [5, 5.41) is 7.68. The molecule has 43 heavy (non-hydrogen) atoms. The minimum atomic E-state index is -0.434. The predicted octanol–water partition coefficient (Wildman–Crippen LogP) is 11.1. The quantitative estimate of drug-likeness (QED) is 0.201. The molecular formula is C38H21N3S2. The minimum absolute atomic E-state index is 0.0676. The molecule has 0 atom stereocenters. The number of nitrogens with zero attached hydrogens (tertiary/aromatic N) is 3. The van der Waals surface area contributed by atoms with Crippen molar-refractivity contribution in [1.29, 1.82) is 0 Å². The highest BCUT2D eigenvalue weighted by Gasteiger charge is 2.24. The third kappa shape index (κ3) is 3.18. The molecule has 3 nitrogen and oxygen atoms in total. The van der Waals surface area contributed by atoms with E-state index in [0.29, 0.717) is 21.9 Å². The Morgan fingerprint density at radius 1 is 0.558 bits per heavy atom. The fourth-order valence-electron chi connectivity index (χ4n) is 6.54. The van der Waals surface area contributed by atoms with Gasteiger partial charge in [-0.2, -0.15) is 0 Å². The predicted molar refractivity (Wildman–Crippen MR) is 185 cm³/mol. The molecule has 0 aliphatic heterocycles. The van der Waals surface area contributed by atoms with E-state index in [1.165, 1.54) is 31.5 Å². The lowest BCUT2D eigenvalue weighted by Crippen LogP contribution is -2.03. The normalized spacial score (nSPS) is 13.8.